The van der Waals surface area contributed by atoms with Crippen LogP contribution in [0.5, 0.6) is 0 Å². The molecule has 1 aliphatic heterocycles. The predicted octanol–water partition coefficient (Wildman–Crippen LogP) is 3.16. The smallest absolute Gasteiger partial charge is 0.108 e. The average molecular weight is 298 g/mol. The van der Waals surface area contributed by atoms with Gasteiger partial charge in [0.05, 0.1) is 23.3 Å². The Bertz CT molecular complexity index is 686. The molecular formula is C16H18N4S. The first kappa shape index (κ1) is 13.0. The second kappa shape index (κ2) is 5.58. The van der Waals surface area contributed by atoms with Crippen molar-refractivity contribution in [2.24, 2.45) is 0 Å². The molecular weight excluding hydrogens is 280 g/mol. The summed E-state index contributed by atoms with van der Waals surface area (Å²) >= 11 is 1.82. The monoisotopic (exact) mass is 298 g/mol. The number of hydrogen-bond acceptors (Lipinski definition) is 4. The van der Waals surface area contributed by atoms with Crippen LogP contribution in [0, 0.1) is 0 Å². The number of likely N-dealkylation sites (tertiary alicyclic amines) is 1. The minimum absolute atomic E-state index is 0.580. The molecule has 0 amide bonds. The van der Waals surface area contributed by atoms with E-state index in [1.165, 1.54) is 29.1 Å². The molecule has 0 bridgehead atoms. The highest BCUT2D eigenvalue weighted by atomic mass is 32.1. The summed E-state index contributed by atoms with van der Waals surface area (Å²) in [6.07, 6.45) is 6.43. The van der Waals surface area contributed by atoms with Gasteiger partial charge in [-0.1, -0.05) is 12.1 Å². The largest absolute Gasteiger partial charge is 0.292 e. The Morgan fingerprint density at radius 3 is 3.05 bits per heavy atom. The van der Waals surface area contributed by atoms with Crippen LogP contribution >= 0.6 is 11.3 Å². The normalized spacial score (nSPS) is 19.5. The van der Waals surface area contributed by atoms with E-state index in [1.807, 2.05) is 34.5 Å². The van der Waals surface area contributed by atoms with Crippen molar-refractivity contribution < 1.29 is 0 Å². The Morgan fingerprint density at radius 2 is 2.19 bits per heavy atom. The van der Waals surface area contributed by atoms with Gasteiger partial charge in [0.15, 0.2) is 0 Å². The van der Waals surface area contributed by atoms with E-state index in [2.05, 4.69) is 34.3 Å². The van der Waals surface area contributed by atoms with E-state index >= 15 is 0 Å². The van der Waals surface area contributed by atoms with Crippen molar-refractivity contribution in [1.82, 2.24) is 19.7 Å². The molecule has 0 N–H and O–H groups in total. The lowest BCUT2D eigenvalue weighted by Gasteiger charge is -2.23. The SMILES string of the molecule is c1ccc2sc(CN3CCCC3Cn3cccn3)nc2c1. The van der Waals surface area contributed by atoms with Gasteiger partial charge in [0.2, 0.25) is 0 Å². The number of aromatic nitrogens is 3. The molecule has 5 heteroatoms. The van der Waals surface area contributed by atoms with Crippen molar-refractivity contribution in [1.29, 1.82) is 0 Å². The van der Waals surface area contributed by atoms with Gasteiger partial charge in [0.25, 0.3) is 0 Å². The summed E-state index contributed by atoms with van der Waals surface area (Å²) in [5, 5.41) is 5.56. The number of hydrogen-bond donors (Lipinski definition) is 0. The summed E-state index contributed by atoms with van der Waals surface area (Å²) in [7, 11) is 0. The van der Waals surface area contributed by atoms with Gasteiger partial charge in [-0.25, -0.2) is 4.98 Å². The number of rotatable bonds is 4. The maximum Gasteiger partial charge on any atom is 0.108 e. The predicted molar refractivity (Wildman–Crippen MR) is 85.3 cm³/mol. The van der Waals surface area contributed by atoms with Gasteiger partial charge >= 0.3 is 0 Å². The molecule has 2 aromatic heterocycles. The molecule has 4 nitrogen and oxygen atoms in total. The first-order valence-electron chi connectivity index (χ1n) is 7.44. The third-order valence-electron chi connectivity index (χ3n) is 4.13. The van der Waals surface area contributed by atoms with Gasteiger partial charge in [-0.15, -0.1) is 11.3 Å². The topological polar surface area (TPSA) is 34.0 Å². The molecule has 1 fully saturated rings. The van der Waals surface area contributed by atoms with E-state index in [0.717, 1.165) is 18.6 Å². The van der Waals surface area contributed by atoms with Crippen LogP contribution in [-0.4, -0.2) is 32.3 Å². The number of nitrogens with zero attached hydrogens (tertiary/aromatic N) is 4. The molecule has 1 unspecified atom stereocenters. The van der Waals surface area contributed by atoms with Crippen LogP contribution in [0.2, 0.25) is 0 Å². The lowest BCUT2D eigenvalue weighted by Crippen LogP contribution is -2.32. The first-order valence-corrected chi connectivity index (χ1v) is 8.26. The quantitative estimate of drug-likeness (QED) is 0.742. The third-order valence-corrected chi connectivity index (χ3v) is 5.15. The van der Waals surface area contributed by atoms with Gasteiger partial charge in [0, 0.05) is 18.4 Å². The highest BCUT2D eigenvalue weighted by molar-refractivity contribution is 7.18. The Kier molecular flexibility index (Phi) is 3.45. The summed E-state index contributed by atoms with van der Waals surface area (Å²) in [4.78, 5) is 7.32. The van der Waals surface area contributed by atoms with E-state index in [1.54, 1.807) is 0 Å². The zero-order valence-corrected chi connectivity index (χ0v) is 12.7. The van der Waals surface area contributed by atoms with Gasteiger partial charge in [-0.2, -0.15) is 5.10 Å². The highest BCUT2D eigenvalue weighted by Crippen LogP contribution is 2.26. The lowest BCUT2D eigenvalue weighted by atomic mass is 10.2. The summed E-state index contributed by atoms with van der Waals surface area (Å²) in [5.41, 5.74) is 1.13. The summed E-state index contributed by atoms with van der Waals surface area (Å²) in [6, 6.07) is 11.0. The van der Waals surface area contributed by atoms with Gasteiger partial charge < -0.3 is 0 Å². The van der Waals surface area contributed by atoms with E-state index < -0.39 is 0 Å². The third kappa shape index (κ3) is 2.71. The van der Waals surface area contributed by atoms with Crippen molar-refractivity contribution >= 4 is 21.6 Å². The molecule has 108 valence electrons. The van der Waals surface area contributed by atoms with E-state index in [0.29, 0.717) is 6.04 Å². The fraction of sp³-hybridized carbons (Fsp3) is 0.375. The first-order chi connectivity index (χ1) is 10.4. The Balaban J connectivity index is 1.49. The Labute approximate surface area is 128 Å². The van der Waals surface area contributed by atoms with Crippen molar-refractivity contribution in [3.8, 4) is 0 Å². The minimum atomic E-state index is 0.580. The molecule has 1 aromatic carbocycles. The van der Waals surface area contributed by atoms with Gasteiger partial charge in [-0.05, 0) is 37.6 Å². The van der Waals surface area contributed by atoms with Crippen molar-refractivity contribution in [2.75, 3.05) is 6.54 Å². The number of thiazole rings is 1. The minimum Gasteiger partial charge on any atom is -0.292 e. The van der Waals surface area contributed by atoms with Gasteiger partial charge in [0.1, 0.15) is 5.01 Å². The molecule has 1 aliphatic rings. The van der Waals surface area contributed by atoms with E-state index in [-0.39, 0.29) is 0 Å². The summed E-state index contributed by atoms with van der Waals surface area (Å²) in [5.74, 6) is 0. The van der Waals surface area contributed by atoms with Crippen LogP contribution in [0.15, 0.2) is 42.7 Å². The molecule has 1 saturated heterocycles. The van der Waals surface area contributed by atoms with Crippen LogP contribution in [0.25, 0.3) is 10.2 Å². The molecule has 3 aromatic rings. The van der Waals surface area contributed by atoms with E-state index in [9.17, 15) is 0 Å². The zero-order chi connectivity index (χ0) is 14.1. The van der Waals surface area contributed by atoms with Crippen LogP contribution in [-0.2, 0) is 13.1 Å². The average Bonchev–Trinajstić information content (AvgIpc) is 3.21. The lowest BCUT2D eigenvalue weighted by molar-refractivity contribution is 0.219. The van der Waals surface area contributed by atoms with E-state index in [4.69, 9.17) is 4.98 Å². The number of fused-ring (bicyclic) bond motifs is 1. The molecule has 21 heavy (non-hydrogen) atoms. The number of benzene rings is 1. The number of para-hydroxylation sites is 1. The standard InChI is InChI=1S/C16H18N4S/c1-2-7-15-14(6-1)18-16(21-15)12-19-9-3-5-13(19)11-20-10-4-8-17-20/h1-2,4,6-8,10,13H,3,5,9,11-12H2. The fourth-order valence-corrected chi connectivity index (χ4v) is 4.09. The second-order valence-electron chi connectivity index (χ2n) is 5.57. The molecule has 3 heterocycles. The second-order valence-corrected chi connectivity index (χ2v) is 6.69. The summed E-state index contributed by atoms with van der Waals surface area (Å²) in [6.45, 7) is 3.12. The Hall–Kier alpha value is -1.72. The molecule has 0 saturated carbocycles. The zero-order valence-electron chi connectivity index (χ0n) is 11.9. The molecule has 0 spiro atoms. The van der Waals surface area contributed by atoms with Crippen LogP contribution in [0.4, 0.5) is 0 Å². The highest BCUT2D eigenvalue weighted by Gasteiger charge is 2.25. The van der Waals surface area contributed by atoms with Crippen LogP contribution in [0.1, 0.15) is 17.8 Å². The molecule has 4 rings (SSSR count). The van der Waals surface area contributed by atoms with Crippen molar-refractivity contribution in [3.05, 3.63) is 47.7 Å². The summed E-state index contributed by atoms with van der Waals surface area (Å²) < 4.78 is 3.33. The maximum atomic E-state index is 4.76. The molecule has 0 radical (unpaired) electrons. The fourth-order valence-electron chi connectivity index (χ4n) is 3.10. The van der Waals surface area contributed by atoms with Crippen molar-refractivity contribution in [3.63, 3.8) is 0 Å². The van der Waals surface area contributed by atoms with Crippen LogP contribution < -0.4 is 0 Å². The van der Waals surface area contributed by atoms with Gasteiger partial charge in [-0.3, -0.25) is 9.58 Å². The Morgan fingerprint density at radius 1 is 1.24 bits per heavy atom. The van der Waals surface area contributed by atoms with Crippen LogP contribution in [0.3, 0.4) is 0 Å². The van der Waals surface area contributed by atoms with Crippen molar-refractivity contribution in [2.45, 2.75) is 32.0 Å². The molecule has 0 aliphatic carbocycles. The maximum absolute atomic E-state index is 4.76. The molecule has 1 atom stereocenters.